The summed E-state index contributed by atoms with van der Waals surface area (Å²) in [4.78, 5) is 19.5. The molecule has 2 aromatic carbocycles. The van der Waals surface area contributed by atoms with Gasteiger partial charge in [0, 0.05) is 16.6 Å². The van der Waals surface area contributed by atoms with E-state index in [9.17, 15) is 4.79 Å². The van der Waals surface area contributed by atoms with Crippen molar-refractivity contribution in [2.45, 2.75) is 32.6 Å². The number of aryl methyl sites for hydroxylation is 2. The lowest BCUT2D eigenvalue weighted by Gasteiger charge is -2.18. The maximum Gasteiger partial charge on any atom is 0.205 e. The van der Waals surface area contributed by atoms with Gasteiger partial charge in [0.1, 0.15) is 9.71 Å². The Morgan fingerprint density at radius 3 is 2.31 bits per heavy atom. The number of nitrogens with two attached hydrogens (primary N) is 1. The van der Waals surface area contributed by atoms with Crippen LogP contribution in [-0.4, -0.2) is 10.8 Å². The third-order valence-electron chi connectivity index (χ3n) is 5.86. The summed E-state index contributed by atoms with van der Waals surface area (Å²) in [5.74, 6) is -0.0210. The molecule has 2 N–H and O–H groups in total. The molecule has 0 fully saturated rings. The van der Waals surface area contributed by atoms with E-state index in [0.29, 0.717) is 16.1 Å². The molecular formula is C25H22N2OS. The van der Waals surface area contributed by atoms with Crippen molar-refractivity contribution in [2.75, 3.05) is 5.73 Å². The molecule has 0 radical (unpaired) electrons. The van der Waals surface area contributed by atoms with Crippen molar-refractivity contribution >= 4 is 33.0 Å². The van der Waals surface area contributed by atoms with Gasteiger partial charge in [-0.25, -0.2) is 4.98 Å². The third kappa shape index (κ3) is 3.04. The van der Waals surface area contributed by atoms with E-state index in [4.69, 9.17) is 10.7 Å². The van der Waals surface area contributed by atoms with Gasteiger partial charge in [0.15, 0.2) is 0 Å². The monoisotopic (exact) mass is 398 g/mol. The molecule has 0 saturated carbocycles. The molecule has 0 bridgehead atoms. The molecule has 5 rings (SSSR count). The van der Waals surface area contributed by atoms with Crippen LogP contribution < -0.4 is 5.73 Å². The van der Waals surface area contributed by atoms with Crippen molar-refractivity contribution in [1.82, 2.24) is 4.98 Å². The van der Waals surface area contributed by atoms with Crippen LogP contribution >= 0.6 is 11.3 Å². The van der Waals surface area contributed by atoms with Gasteiger partial charge in [0.05, 0.1) is 5.69 Å². The SMILES string of the molecule is Cc1nc2sc(C(=O)c3ccc(-c4ccccc4)cc3)c(N)c2c2c1CCCC2. The van der Waals surface area contributed by atoms with Crippen LogP contribution in [0.5, 0.6) is 0 Å². The Morgan fingerprint density at radius 1 is 0.931 bits per heavy atom. The number of carbonyl (C=O) groups is 1. The molecule has 0 atom stereocenters. The molecule has 2 aromatic heterocycles. The molecule has 0 unspecified atom stereocenters. The van der Waals surface area contributed by atoms with Gasteiger partial charge < -0.3 is 5.73 Å². The molecule has 3 nitrogen and oxygen atoms in total. The molecule has 2 heterocycles. The summed E-state index contributed by atoms with van der Waals surface area (Å²) in [5, 5.41) is 1.01. The minimum atomic E-state index is -0.0210. The number of benzene rings is 2. The number of aromatic nitrogens is 1. The molecule has 4 aromatic rings. The number of anilines is 1. The number of nitrogen functional groups attached to an aromatic ring is 1. The van der Waals surface area contributed by atoms with Gasteiger partial charge in [-0.2, -0.15) is 0 Å². The number of pyridine rings is 1. The van der Waals surface area contributed by atoms with Gasteiger partial charge in [-0.3, -0.25) is 4.79 Å². The normalized spacial score (nSPS) is 13.4. The Morgan fingerprint density at radius 2 is 1.59 bits per heavy atom. The summed E-state index contributed by atoms with van der Waals surface area (Å²) in [6.45, 7) is 2.07. The van der Waals surface area contributed by atoms with Crippen LogP contribution in [0.15, 0.2) is 54.6 Å². The van der Waals surface area contributed by atoms with E-state index in [2.05, 4.69) is 19.1 Å². The minimum absolute atomic E-state index is 0.0210. The first kappa shape index (κ1) is 18.1. The van der Waals surface area contributed by atoms with Gasteiger partial charge in [-0.1, -0.05) is 54.6 Å². The second-order valence-corrected chi connectivity index (χ2v) is 8.66. The lowest BCUT2D eigenvalue weighted by molar-refractivity contribution is 0.104. The van der Waals surface area contributed by atoms with Gasteiger partial charge in [0.25, 0.3) is 0 Å². The quantitative estimate of drug-likeness (QED) is 0.433. The van der Waals surface area contributed by atoms with Crippen molar-refractivity contribution in [3.05, 3.63) is 81.9 Å². The molecule has 0 amide bonds. The minimum Gasteiger partial charge on any atom is -0.397 e. The molecule has 144 valence electrons. The maximum absolute atomic E-state index is 13.2. The van der Waals surface area contributed by atoms with E-state index in [1.165, 1.54) is 35.3 Å². The summed E-state index contributed by atoms with van der Waals surface area (Å²) < 4.78 is 0. The summed E-state index contributed by atoms with van der Waals surface area (Å²) >= 11 is 1.43. The lowest BCUT2D eigenvalue weighted by Crippen LogP contribution is -2.08. The van der Waals surface area contributed by atoms with Crippen molar-refractivity contribution in [3.63, 3.8) is 0 Å². The Labute approximate surface area is 174 Å². The first-order valence-corrected chi connectivity index (χ1v) is 10.9. The fraction of sp³-hybridized carbons (Fsp3) is 0.200. The summed E-state index contributed by atoms with van der Waals surface area (Å²) in [7, 11) is 0. The van der Waals surface area contributed by atoms with E-state index >= 15 is 0 Å². The van der Waals surface area contributed by atoms with Crippen LogP contribution in [0, 0.1) is 6.92 Å². The standard InChI is InChI=1S/C25H22N2OS/c1-15-19-9-5-6-10-20(19)21-22(26)24(29-25(21)27-15)23(28)18-13-11-17(12-14-18)16-7-3-2-4-8-16/h2-4,7-8,11-14H,5-6,9-10,26H2,1H3. The molecule has 0 spiro atoms. The van der Waals surface area contributed by atoms with Crippen molar-refractivity contribution in [3.8, 4) is 11.1 Å². The number of fused-ring (bicyclic) bond motifs is 3. The third-order valence-corrected chi connectivity index (χ3v) is 6.96. The zero-order valence-electron chi connectivity index (χ0n) is 16.4. The number of nitrogens with zero attached hydrogens (tertiary/aromatic N) is 1. The molecule has 29 heavy (non-hydrogen) atoms. The molecular weight excluding hydrogens is 376 g/mol. The molecule has 1 aliphatic rings. The number of hydrogen-bond acceptors (Lipinski definition) is 4. The largest absolute Gasteiger partial charge is 0.397 e. The highest BCUT2D eigenvalue weighted by atomic mass is 32.1. The second kappa shape index (κ2) is 7.12. The van der Waals surface area contributed by atoms with E-state index in [1.54, 1.807) is 0 Å². The Kier molecular flexibility index (Phi) is 4.44. The van der Waals surface area contributed by atoms with Crippen molar-refractivity contribution in [1.29, 1.82) is 0 Å². The number of hydrogen-bond donors (Lipinski definition) is 1. The topological polar surface area (TPSA) is 56.0 Å². The van der Waals surface area contributed by atoms with Crippen LogP contribution in [0.3, 0.4) is 0 Å². The molecule has 4 heteroatoms. The zero-order chi connectivity index (χ0) is 20.0. The van der Waals surface area contributed by atoms with Crippen LogP contribution in [0.2, 0.25) is 0 Å². The smallest absolute Gasteiger partial charge is 0.205 e. The number of ketones is 1. The van der Waals surface area contributed by atoms with Crippen molar-refractivity contribution in [2.24, 2.45) is 0 Å². The van der Waals surface area contributed by atoms with E-state index in [1.807, 2.05) is 42.5 Å². The Bertz CT molecular complexity index is 1220. The van der Waals surface area contributed by atoms with Crippen LogP contribution in [0.4, 0.5) is 5.69 Å². The van der Waals surface area contributed by atoms with Gasteiger partial charge in [0.2, 0.25) is 5.78 Å². The van der Waals surface area contributed by atoms with Crippen molar-refractivity contribution < 1.29 is 4.79 Å². The van der Waals surface area contributed by atoms with Crippen LogP contribution in [-0.2, 0) is 12.8 Å². The lowest BCUT2D eigenvalue weighted by atomic mass is 9.88. The number of carbonyl (C=O) groups excluding carboxylic acids is 1. The average molecular weight is 399 g/mol. The van der Waals surface area contributed by atoms with Gasteiger partial charge >= 0.3 is 0 Å². The fourth-order valence-corrected chi connectivity index (χ4v) is 5.48. The van der Waals surface area contributed by atoms with Gasteiger partial charge in [-0.15, -0.1) is 11.3 Å². The summed E-state index contributed by atoms with van der Waals surface area (Å²) in [5.41, 5.74) is 13.7. The predicted octanol–water partition coefficient (Wildman–Crippen LogP) is 5.96. The fourth-order valence-electron chi connectivity index (χ4n) is 4.35. The van der Waals surface area contributed by atoms with E-state index in [0.717, 1.165) is 39.9 Å². The maximum atomic E-state index is 13.2. The Balaban J connectivity index is 1.55. The first-order valence-electron chi connectivity index (χ1n) is 10.0. The highest BCUT2D eigenvalue weighted by Crippen LogP contribution is 2.40. The first-order chi connectivity index (χ1) is 14.1. The zero-order valence-corrected chi connectivity index (χ0v) is 17.2. The molecule has 1 aliphatic carbocycles. The molecule has 0 saturated heterocycles. The number of rotatable bonds is 3. The summed E-state index contributed by atoms with van der Waals surface area (Å²) in [6, 6.07) is 17.9. The highest BCUT2D eigenvalue weighted by molar-refractivity contribution is 7.21. The van der Waals surface area contributed by atoms with Gasteiger partial charge in [-0.05, 0) is 54.9 Å². The summed E-state index contributed by atoms with van der Waals surface area (Å²) in [6.07, 6.45) is 4.45. The Hall–Kier alpha value is -2.98. The van der Waals surface area contributed by atoms with E-state index in [-0.39, 0.29) is 5.78 Å². The second-order valence-electron chi connectivity index (χ2n) is 7.66. The highest BCUT2D eigenvalue weighted by Gasteiger charge is 2.24. The molecule has 0 aliphatic heterocycles. The average Bonchev–Trinajstić information content (AvgIpc) is 3.10. The van der Waals surface area contributed by atoms with E-state index < -0.39 is 0 Å². The predicted molar refractivity (Wildman–Crippen MR) is 121 cm³/mol. The van der Waals surface area contributed by atoms with Crippen LogP contribution in [0.1, 0.15) is 44.9 Å². The number of thiophene rings is 1. The van der Waals surface area contributed by atoms with Crippen LogP contribution in [0.25, 0.3) is 21.3 Å².